The fraction of sp³-hybridized carbons (Fsp3) is 0.448. The molecule has 3 heterocycles. The highest BCUT2D eigenvalue weighted by atomic mass is 16.5. The van der Waals surface area contributed by atoms with Crippen LogP contribution in [0.25, 0.3) is 10.9 Å². The Kier molecular flexibility index (Phi) is 6.61. The first-order chi connectivity index (χ1) is 18.5. The second kappa shape index (κ2) is 10.2. The minimum Gasteiger partial charge on any atom is -0.497 e. The highest BCUT2D eigenvalue weighted by Gasteiger charge is 2.35. The molecule has 1 saturated heterocycles. The number of benzene rings is 2. The summed E-state index contributed by atoms with van der Waals surface area (Å²) in [4.78, 5) is 21.5. The van der Waals surface area contributed by atoms with E-state index in [0.717, 1.165) is 61.5 Å². The molecule has 9 heteroatoms. The lowest BCUT2D eigenvalue weighted by atomic mass is 10.0. The first-order valence-electron chi connectivity index (χ1n) is 13.6. The van der Waals surface area contributed by atoms with Gasteiger partial charge in [-0.2, -0.15) is 0 Å². The van der Waals surface area contributed by atoms with E-state index in [9.17, 15) is 4.79 Å². The van der Waals surface area contributed by atoms with Gasteiger partial charge in [-0.3, -0.25) is 9.69 Å². The summed E-state index contributed by atoms with van der Waals surface area (Å²) >= 11 is 0. The van der Waals surface area contributed by atoms with Crippen LogP contribution in [0, 0.1) is 13.8 Å². The smallest absolute Gasteiger partial charge is 0.253 e. The summed E-state index contributed by atoms with van der Waals surface area (Å²) in [5.41, 5.74) is 5.18. The number of anilines is 1. The van der Waals surface area contributed by atoms with Crippen molar-refractivity contribution in [1.82, 2.24) is 30.1 Å². The lowest BCUT2D eigenvalue weighted by molar-refractivity contribution is 0.196. The van der Waals surface area contributed by atoms with E-state index in [1.807, 2.05) is 28.9 Å². The number of tetrazole rings is 1. The highest BCUT2D eigenvalue weighted by molar-refractivity contribution is 5.80. The molecule has 198 valence electrons. The third-order valence-corrected chi connectivity index (χ3v) is 8.19. The van der Waals surface area contributed by atoms with Gasteiger partial charge >= 0.3 is 0 Å². The Labute approximate surface area is 222 Å². The van der Waals surface area contributed by atoms with Crippen molar-refractivity contribution in [1.29, 1.82) is 0 Å². The minimum atomic E-state index is -0.342. The van der Waals surface area contributed by atoms with Gasteiger partial charge in [-0.15, -0.1) is 5.10 Å². The van der Waals surface area contributed by atoms with Crippen LogP contribution in [0.1, 0.15) is 60.3 Å². The SMILES string of the molecule is COc1ccc2[nH]c(=O)c([C@@H](c3nnnn3C3CCCC3)N3CCN(c4cc(C)ccc4C)CC3)cc2c1. The largest absolute Gasteiger partial charge is 0.497 e. The number of aryl methyl sites for hydroxylation is 2. The van der Waals surface area contributed by atoms with E-state index >= 15 is 0 Å². The number of nitrogens with one attached hydrogen (secondary N) is 1. The summed E-state index contributed by atoms with van der Waals surface area (Å²) in [5.74, 6) is 1.51. The van der Waals surface area contributed by atoms with E-state index in [0.29, 0.717) is 5.56 Å². The van der Waals surface area contributed by atoms with Gasteiger partial charge in [-0.1, -0.05) is 25.0 Å². The molecule has 2 fully saturated rings. The first kappa shape index (κ1) is 24.6. The van der Waals surface area contributed by atoms with Crippen molar-refractivity contribution in [2.24, 2.45) is 0 Å². The number of methoxy groups -OCH3 is 1. The van der Waals surface area contributed by atoms with Gasteiger partial charge in [0.1, 0.15) is 11.8 Å². The summed E-state index contributed by atoms with van der Waals surface area (Å²) < 4.78 is 7.45. The average Bonchev–Trinajstić information content (AvgIpc) is 3.63. The van der Waals surface area contributed by atoms with E-state index in [4.69, 9.17) is 4.74 Å². The van der Waals surface area contributed by atoms with Crippen LogP contribution in [0.5, 0.6) is 5.75 Å². The van der Waals surface area contributed by atoms with Crippen LogP contribution < -0.4 is 15.2 Å². The predicted octanol–water partition coefficient (Wildman–Crippen LogP) is 4.17. The molecule has 1 aliphatic heterocycles. The quantitative estimate of drug-likeness (QED) is 0.414. The maximum absolute atomic E-state index is 13.6. The van der Waals surface area contributed by atoms with Gasteiger partial charge in [0, 0.05) is 48.3 Å². The summed E-state index contributed by atoms with van der Waals surface area (Å²) in [6.45, 7) is 7.63. The van der Waals surface area contributed by atoms with Gasteiger partial charge in [0.25, 0.3) is 5.56 Å². The second-order valence-corrected chi connectivity index (χ2v) is 10.6. The molecular weight excluding hydrogens is 478 g/mol. The number of ether oxygens (including phenoxy) is 1. The van der Waals surface area contributed by atoms with Gasteiger partial charge < -0.3 is 14.6 Å². The molecule has 2 aromatic heterocycles. The number of hydrogen-bond donors (Lipinski definition) is 1. The number of piperazine rings is 1. The van der Waals surface area contributed by atoms with E-state index in [1.165, 1.54) is 29.7 Å². The lowest BCUT2D eigenvalue weighted by Gasteiger charge is -2.40. The monoisotopic (exact) mass is 513 g/mol. The van der Waals surface area contributed by atoms with Gasteiger partial charge in [-0.25, -0.2) is 4.68 Å². The molecule has 6 rings (SSSR count). The number of nitrogens with zero attached hydrogens (tertiary/aromatic N) is 6. The number of aromatic amines is 1. The van der Waals surface area contributed by atoms with Crippen molar-refractivity contribution in [2.75, 3.05) is 38.2 Å². The Bertz CT molecular complexity index is 1500. The molecule has 0 radical (unpaired) electrons. The molecule has 2 aliphatic rings. The molecule has 2 aromatic carbocycles. The molecule has 1 atom stereocenters. The maximum Gasteiger partial charge on any atom is 0.253 e. The van der Waals surface area contributed by atoms with Gasteiger partial charge in [-0.05, 0) is 78.6 Å². The van der Waals surface area contributed by atoms with E-state index in [1.54, 1.807) is 7.11 Å². The number of aromatic nitrogens is 5. The topological polar surface area (TPSA) is 92.2 Å². The van der Waals surface area contributed by atoms with Crippen molar-refractivity contribution in [2.45, 2.75) is 51.6 Å². The number of rotatable bonds is 6. The summed E-state index contributed by atoms with van der Waals surface area (Å²) in [6.07, 6.45) is 4.49. The molecular formula is C29H35N7O2. The van der Waals surface area contributed by atoms with Crippen LogP contribution in [0.2, 0.25) is 0 Å². The molecule has 0 spiro atoms. The molecule has 1 aliphatic carbocycles. The first-order valence-corrected chi connectivity index (χ1v) is 13.6. The van der Waals surface area contributed by atoms with Crippen molar-refractivity contribution in [3.63, 3.8) is 0 Å². The van der Waals surface area contributed by atoms with E-state index in [-0.39, 0.29) is 17.6 Å². The van der Waals surface area contributed by atoms with Crippen molar-refractivity contribution in [3.05, 3.63) is 75.3 Å². The highest BCUT2D eigenvalue weighted by Crippen LogP contribution is 2.35. The molecule has 1 N–H and O–H groups in total. The van der Waals surface area contributed by atoms with Crippen LogP contribution in [0.15, 0.2) is 47.3 Å². The maximum atomic E-state index is 13.6. The van der Waals surface area contributed by atoms with Crippen molar-refractivity contribution >= 4 is 16.6 Å². The van der Waals surface area contributed by atoms with Crippen molar-refractivity contribution < 1.29 is 4.74 Å². The molecule has 9 nitrogen and oxygen atoms in total. The number of hydrogen-bond acceptors (Lipinski definition) is 7. The Balaban J connectivity index is 1.39. The number of H-pyrrole nitrogens is 1. The van der Waals surface area contributed by atoms with Crippen LogP contribution >= 0.6 is 0 Å². The van der Waals surface area contributed by atoms with Gasteiger partial charge in [0.15, 0.2) is 5.82 Å². The summed E-state index contributed by atoms with van der Waals surface area (Å²) in [5, 5.41) is 14.0. The lowest BCUT2D eigenvalue weighted by Crippen LogP contribution is -2.49. The van der Waals surface area contributed by atoms with Crippen LogP contribution in [0.4, 0.5) is 5.69 Å². The predicted molar refractivity (Wildman–Crippen MR) is 148 cm³/mol. The third kappa shape index (κ3) is 4.55. The van der Waals surface area contributed by atoms with Crippen LogP contribution in [0.3, 0.4) is 0 Å². The number of fused-ring (bicyclic) bond motifs is 1. The Morgan fingerprint density at radius 2 is 1.79 bits per heavy atom. The zero-order valence-electron chi connectivity index (χ0n) is 22.4. The summed E-state index contributed by atoms with van der Waals surface area (Å²) in [7, 11) is 1.65. The Hall–Kier alpha value is -3.72. The molecule has 0 amide bonds. The standard InChI is InChI=1S/C29H35N7O2/c1-19-8-9-20(2)26(16-19)34-12-14-35(15-13-34)27(28-31-32-33-36(28)22-6-4-5-7-22)24-18-21-17-23(38-3)10-11-25(21)30-29(24)37/h8-11,16-18,22,27H,4-7,12-15H2,1-3H3,(H,30,37)/t27-/m0/s1. The van der Waals surface area contributed by atoms with Gasteiger partial charge in [0.05, 0.1) is 13.2 Å². The van der Waals surface area contributed by atoms with Crippen LogP contribution in [-0.4, -0.2) is 63.4 Å². The summed E-state index contributed by atoms with van der Waals surface area (Å²) in [6, 6.07) is 14.3. The van der Waals surface area contributed by atoms with Gasteiger partial charge in [0.2, 0.25) is 0 Å². The molecule has 0 bridgehead atoms. The van der Waals surface area contributed by atoms with Crippen LogP contribution in [-0.2, 0) is 0 Å². The Morgan fingerprint density at radius 3 is 2.55 bits per heavy atom. The number of pyridine rings is 1. The average molecular weight is 514 g/mol. The molecule has 1 saturated carbocycles. The molecule has 38 heavy (non-hydrogen) atoms. The van der Waals surface area contributed by atoms with Crippen molar-refractivity contribution in [3.8, 4) is 5.75 Å². The zero-order chi connectivity index (χ0) is 26.2. The normalized spacial score (nSPS) is 17.8. The minimum absolute atomic E-state index is 0.106. The second-order valence-electron chi connectivity index (χ2n) is 10.6. The fourth-order valence-corrected chi connectivity index (χ4v) is 6.10. The fourth-order valence-electron chi connectivity index (χ4n) is 6.10. The Morgan fingerprint density at radius 1 is 1.00 bits per heavy atom. The molecule has 0 unspecified atom stereocenters. The van der Waals surface area contributed by atoms with E-state index < -0.39 is 0 Å². The molecule has 4 aromatic rings. The zero-order valence-corrected chi connectivity index (χ0v) is 22.4. The third-order valence-electron chi connectivity index (χ3n) is 8.19. The van der Waals surface area contributed by atoms with E-state index in [2.05, 4.69) is 62.4 Å².